The van der Waals surface area contributed by atoms with Crippen LogP contribution in [0.2, 0.25) is 0 Å². The van der Waals surface area contributed by atoms with E-state index in [1.165, 1.54) is 12.7 Å². The van der Waals surface area contributed by atoms with Crippen LogP contribution in [0.5, 0.6) is 0 Å². The quantitative estimate of drug-likeness (QED) is 0.590. The van der Waals surface area contributed by atoms with Crippen LogP contribution in [0.4, 0.5) is 0 Å². The summed E-state index contributed by atoms with van der Waals surface area (Å²) >= 11 is 0. The predicted octanol–water partition coefficient (Wildman–Crippen LogP) is 1.51. The van der Waals surface area contributed by atoms with Gasteiger partial charge in [0.15, 0.2) is 15.8 Å². The van der Waals surface area contributed by atoms with E-state index in [0.717, 1.165) is 37.3 Å². The van der Waals surface area contributed by atoms with Crippen LogP contribution in [-0.2, 0) is 21.0 Å². The van der Waals surface area contributed by atoms with Crippen molar-refractivity contribution in [2.24, 2.45) is 4.99 Å². The normalized spacial score (nSPS) is 26.0. The molecule has 0 radical (unpaired) electrons. The van der Waals surface area contributed by atoms with Gasteiger partial charge in [-0.1, -0.05) is 12.1 Å². The molecule has 2 heterocycles. The van der Waals surface area contributed by atoms with Crippen molar-refractivity contribution in [2.45, 2.75) is 55.8 Å². The third-order valence-corrected chi connectivity index (χ3v) is 5.92. The summed E-state index contributed by atoms with van der Waals surface area (Å²) in [6.45, 7) is 3.52. The molecule has 3 atom stereocenters. The molecule has 0 spiro atoms. The lowest BCUT2D eigenvalue weighted by Gasteiger charge is -2.22. The second-order valence-corrected chi connectivity index (χ2v) is 8.80. The Morgan fingerprint density at radius 2 is 2.04 bits per heavy atom. The molecular formula is C18H27N3O3S. The fourth-order valence-corrected chi connectivity index (χ4v) is 4.12. The first-order valence-electron chi connectivity index (χ1n) is 8.95. The fraction of sp³-hybridized carbons (Fsp3) is 0.611. The van der Waals surface area contributed by atoms with Crippen molar-refractivity contribution in [1.82, 2.24) is 10.6 Å². The summed E-state index contributed by atoms with van der Waals surface area (Å²) < 4.78 is 28.9. The third kappa shape index (κ3) is 4.73. The summed E-state index contributed by atoms with van der Waals surface area (Å²) in [6, 6.07) is 7.38. The lowest BCUT2D eigenvalue weighted by atomic mass is 9.96. The predicted molar refractivity (Wildman–Crippen MR) is 98.7 cm³/mol. The number of ether oxygens (including phenoxy) is 1. The van der Waals surface area contributed by atoms with E-state index < -0.39 is 9.84 Å². The minimum Gasteiger partial charge on any atom is -0.373 e. The Hall–Kier alpha value is -1.60. The van der Waals surface area contributed by atoms with E-state index in [1.54, 1.807) is 12.1 Å². The Bertz CT molecular complexity index is 716. The first-order chi connectivity index (χ1) is 12.0. The molecule has 0 saturated carbocycles. The molecule has 2 aliphatic rings. The summed E-state index contributed by atoms with van der Waals surface area (Å²) in [4.78, 5) is 5.00. The van der Waals surface area contributed by atoms with E-state index in [0.29, 0.717) is 29.7 Å². The van der Waals surface area contributed by atoms with E-state index in [2.05, 4.69) is 22.5 Å². The van der Waals surface area contributed by atoms with Gasteiger partial charge in [-0.2, -0.15) is 0 Å². The zero-order valence-corrected chi connectivity index (χ0v) is 15.7. The van der Waals surface area contributed by atoms with Crippen molar-refractivity contribution in [3.63, 3.8) is 0 Å². The topological polar surface area (TPSA) is 79.8 Å². The van der Waals surface area contributed by atoms with E-state index in [-0.39, 0.29) is 0 Å². The molecule has 1 aromatic carbocycles. The van der Waals surface area contributed by atoms with Crippen LogP contribution in [0, 0.1) is 0 Å². The molecule has 3 unspecified atom stereocenters. The fourth-order valence-electron chi connectivity index (χ4n) is 3.49. The molecule has 2 fully saturated rings. The molecule has 2 bridgehead atoms. The standard InChI is InChI=1S/C18H27N3O3S/c1-3-19-18(21-16-12-14-6-9-17(16)24-14)20-11-10-13-4-7-15(8-5-13)25(2,22)23/h4-5,7-8,14,16-17H,3,6,9-12H2,1-2H3,(H2,19,20,21). The van der Waals surface area contributed by atoms with Gasteiger partial charge in [0.1, 0.15) is 0 Å². The lowest BCUT2D eigenvalue weighted by molar-refractivity contribution is 0.0992. The Labute approximate surface area is 150 Å². The first kappa shape index (κ1) is 18.2. The maximum atomic E-state index is 11.5. The monoisotopic (exact) mass is 365 g/mol. The molecule has 6 nitrogen and oxygen atoms in total. The summed E-state index contributed by atoms with van der Waals surface area (Å²) in [7, 11) is -3.14. The summed E-state index contributed by atoms with van der Waals surface area (Å²) in [5.41, 5.74) is 1.08. The Morgan fingerprint density at radius 1 is 1.28 bits per heavy atom. The smallest absolute Gasteiger partial charge is 0.191 e. The summed E-state index contributed by atoms with van der Waals surface area (Å²) in [6.07, 6.45) is 6.10. The Morgan fingerprint density at radius 3 is 2.60 bits per heavy atom. The van der Waals surface area contributed by atoms with Gasteiger partial charge in [0.2, 0.25) is 0 Å². The van der Waals surface area contributed by atoms with E-state index in [1.807, 2.05) is 12.1 Å². The van der Waals surface area contributed by atoms with Gasteiger partial charge in [-0.15, -0.1) is 0 Å². The number of guanidine groups is 1. The van der Waals surface area contributed by atoms with Gasteiger partial charge in [0, 0.05) is 19.3 Å². The van der Waals surface area contributed by atoms with Crippen LogP contribution in [0.1, 0.15) is 31.7 Å². The maximum absolute atomic E-state index is 11.5. The number of nitrogens with one attached hydrogen (secondary N) is 2. The minimum absolute atomic E-state index is 0.317. The number of hydrogen-bond acceptors (Lipinski definition) is 4. The molecule has 7 heteroatoms. The van der Waals surface area contributed by atoms with Crippen LogP contribution in [0.3, 0.4) is 0 Å². The molecule has 2 aliphatic heterocycles. The molecule has 0 aromatic heterocycles. The highest BCUT2D eigenvalue weighted by Gasteiger charge is 2.41. The largest absolute Gasteiger partial charge is 0.373 e. The molecule has 138 valence electrons. The summed E-state index contributed by atoms with van der Waals surface area (Å²) in [5, 5.41) is 6.79. The highest BCUT2D eigenvalue weighted by atomic mass is 32.2. The van der Waals surface area contributed by atoms with Crippen molar-refractivity contribution in [3.8, 4) is 0 Å². The van der Waals surface area contributed by atoms with Crippen LogP contribution < -0.4 is 10.6 Å². The number of benzene rings is 1. The zero-order chi connectivity index (χ0) is 17.9. The number of rotatable bonds is 6. The molecule has 3 rings (SSSR count). The maximum Gasteiger partial charge on any atom is 0.191 e. The zero-order valence-electron chi connectivity index (χ0n) is 14.9. The van der Waals surface area contributed by atoms with Gasteiger partial charge in [0.05, 0.1) is 23.1 Å². The van der Waals surface area contributed by atoms with Crippen LogP contribution >= 0.6 is 0 Å². The number of hydrogen-bond donors (Lipinski definition) is 2. The Balaban J connectivity index is 1.54. The molecule has 2 N–H and O–H groups in total. The summed E-state index contributed by atoms with van der Waals surface area (Å²) in [5.74, 6) is 0.830. The van der Waals surface area contributed by atoms with Crippen LogP contribution in [0.25, 0.3) is 0 Å². The Kier molecular flexibility index (Phi) is 5.64. The van der Waals surface area contributed by atoms with Crippen molar-refractivity contribution >= 4 is 15.8 Å². The number of fused-ring (bicyclic) bond motifs is 2. The van der Waals surface area contributed by atoms with Crippen molar-refractivity contribution in [3.05, 3.63) is 29.8 Å². The van der Waals surface area contributed by atoms with E-state index in [4.69, 9.17) is 4.74 Å². The second kappa shape index (κ2) is 7.74. The first-order valence-corrected chi connectivity index (χ1v) is 10.8. The lowest BCUT2D eigenvalue weighted by Crippen LogP contribution is -2.47. The van der Waals surface area contributed by atoms with Crippen molar-refractivity contribution in [1.29, 1.82) is 0 Å². The molecule has 25 heavy (non-hydrogen) atoms. The average Bonchev–Trinajstić information content (AvgIpc) is 3.17. The van der Waals surface area contributed by atoms with E-state index >= 15 is 0 Å². The number of sulfone groups is 1. The highest BCUT2D eigenvalue weighted by molar-refractivity contribution is 7.90. The molecule has 0 aliphatic carbocycles. The van der Waals surface area contributed by atoms with Gasteiger partial charge < -0.3 is 15.4 Å². The van der Waals surface area contributed by atoms with Crippen molar-refractivity contribution < 1.29 is 13.2 Å². The van der Waals surface area contributed by atoms with Crippen molar-refractivity contribution in [2.75, 3.05) is 19.3 Å². The third-order valence-electron chi connectivity index (χ3n) is 4.79. The highest BCUT2D eigenvalue weighted by Crippen LogP contribution is 2.34. The van der Waals surface area contributed by atoms with Gasteiger partial charge in [0.25, 0.3) is 0 Å². The molecular weight excluding hydrogens is 338 g/mol. The van der Waals surface area contributed by atoms with Gasteiger partial charge in [-0.25, -0.2) is 8.42 Å². The van der Waals surface area contributed by atoms with Crippen LogP contribution in [-0.4, -0.2) is 52.0 Å². The molecule has 2 saturated heterocycles. The molecule has 0 amide bonds. The second-order valence-electron chi connectivity index (χ2n) is 6.79. The van der Waals surface area contributed by atoms with Gasteiger partial charge in [-0.3, -0.25) is 4.99 Å². The van der Waals surface area contributed by atoms with Gasteiger partial charge in [-0.05, 0) is 50.3 Å². The average molecular weight is 365 g/mol. The number of aliphatic imine (C=N–C) groups is 1. The SMILES string of the molecule is CCNC(=NCCc1ccc(S(C)(=O)=O)cc1)NC1CC2CCC1O2. The minimum atomic E-state index is -3.14. The van der Waals surface area contributed by atoms with Crippen LogP contribution in [0.15, 0.2) is 34.2 Å². The van der Waals surface area contributed by atoms with Gasteiger partial charge >= 0.3 is 0 Å². The number of nitrogens with zero attached hydrogens (tertiary/aromatic N) is 1. The molecule has 1 aromatic rings. The van der Waals surface area contributed by atoms with E-state index in [9.17, 15) is 8.42 Å².